The van der Waals surface area contributed by atoms with Crippen LogP contribution in [0.15, 0.2) is 30.5 Å². The Morgan fingerprint density at radius 3 is 3.00 bits per heavy atom. The molecule has 0 aliphatic heterocycles. The van der Waals surface area contributed by atoms with Crippen molar-refractivity contribution in [2.24, 2.45) is 0 Å². The van der Waals surface area contributed by atoms with Crippen molar-refractivity contribution in [3.63, 3.8) is 0 Å². The Hall–Kier alpha value is -1.63. The number of nitrogens with zero attached hydrogens (tertiary/aromatic N) is 3. The van der Waals surface area contributed by atoms with Crippen molar-refractivity contribution in [1.29, 1.82) is 0 Å². The summed E-state index contributed by atoms with van der Waals surface area (Å²) in [6.07, 6.45) is 2.47. The highest BCUT2D eigenvalue weighted by Crippen LogP contribution is 2.30. The van der Waals surface area contributed by atoms with Crippen molar-refractivity contribution in [2.45, 2.75) is 6.42 Å². The second-order valence-electron chi connectivity index (χ2n) is 4.23. The van der Waals surface area contributed by atoms with Crippen molar-refractivity contribution < 1.29 is 5.11 Å². The highest BCUT2D eigenvalue weighted by molar-refractivity contribution is 7.20. The summed E-state index contributed by atoms with van der Waals surface area (Å²) in [4.78, 5) is 5.17. The first-order chi connectivity index (χ1) is 9.79. The van der Waals surface area contributed by atoms with Crippen LogP contribution in [0.2, 0.25) is 5.02 Å². The number of fused-ring (bicyclic) bond motifs is 1. The van der Waals surface area contributed by atoms with E-state index in [2.05, 4.69) is 15.4 Å². The van der Waals surface area contributed by atoms with E-state index >= 15 is 0 Å². The average molecular weight is 309 g/mol. The zero-order valence-electron chi connectivity index (χ0n) is 10.6. The highest BCUT2D eigenvalue weighted by atomic mass is 35.5. The van der Waals surface area contributed by atoms with Crippen molar-refractivity contribution in [3.05, 3.63) is 35.5 Å². The van der Waals surface area contributed by atoms with Crippen LogP contribution in [-0.2, 0) is 0 Å². The van der Waals surface area contributed by atoms with E-state index < -0.39 is 0 Å². The van der Waals surface area contributed by atoms with Gasteiger partial charge in [-0.05, 0) is 12.5 Å². The molecule has 5 nitrogen and oxygen atoms in total. The van der Waals surface area contributed by atoms with Gasteiger partial charge in [-0.15, -0.1) is 5.10 Å². The van der Waals surface area contributed by atoms with E-state index in [4.69, 9.17) is 16.7 Å². The second kappa shape index (κ2) is 5.78. The lowest BCUT2D eigenvalue weighted by Gasteiger charge is -2.01. The summed E-state index contributed by atoms with van der Waals surface area (Å²) in [5.41, 5.74) is 1.78. The number of nitrogens with one attached hydrogen (secondary N) is 1. The molecule has 0 bridgehead atoms. The number of imidazole rings is 1. The number of anilines is 1. The summed E-state index contributed by atoms with van der Waals surface area (Å²) in [5.74, 6) is 0. The molecule has 3 rings (SSSR count). The number of aliphatic hydroxyl groups is 1. The van der Waals surface area contributed by atoms with Gasteiger partial charge in [-0.3, -0.25) is 0 Å². The molecule has 0 aliphatic rings. The van der Waals surface area contributed by atoms with Gasteiger partial charge in [-0.25, -0.2) is 9.50 Å². The van der Waals surface area contributed by atoms with Gasteiger partial charge in [-0.2, -0.15) is 0 Å². The maximum atomic E-state index is 8.78. The number of aliphatic hydroxyl groups excluding tert-OH is 1. The second-order valence-corrected chi connectivity index (χ2v) is 5.59. The molecule has 0 atom stereocenters. The SMILES string of the molecule is OCCCNc1nn2c(-c3ccccc3Cl)cnc2s1. The highest BCUT2D eigenvalue weighted by Gasteiger charge is 2.13. The van der Waals surface area contributed by atoms with Crippen LogP contribution in [-0.4, -0.2) is 32.9 Å². The first kappa shape index (κ1) is 13.4. The number of rotatable bonds is 5. The average Bonchev–Trinajstić information content (AvgIpc) is 3.00. The van der Waals surface area contributed by atoms with Crippen LogP contribution in [0.4, 0.5) is 5.13 Å². The van der Waals surface area contributed by atoms with Crippen LogP contribution in [0.5, 0.6) is 0 Å². The van der Waals surface area contributed by atoms with Crippen LogP contribution >= 0.6 is 22.9 Å². The molecule has 0 saturated carbocycles. The molecule has 0 spiro atoms. The summed E-state index contributed by atoms with van der Waals surface area (Å²) in [6, 6.07) is 7.63. The van der Waals surface area contributed by atoms with Crippen molar-refractivity contribution in [1.82, 2.24) is 14.6 Å². The largest absolute Gasteiger partial charge is 0.396 e. The topological polar surface area (TPSA) is 62.5 Å². The lowest BCUT2D eigenvalue weighted by atomic mass is 10.2. The molecule has 7 heteroatoms. The zero-order valence-corrected chi connectivity index (χ0v) is 12.2. The first-order valence-corrected chi connectivity index (χ1v) is 7.43. The van der Waals surface area contributed by atoms with E-state index in [1.165, 1.54) is 11.3 Å². The molecule has 0 radical (unpaired) electrons. The summed E-state index contributed by atoms with van der Waals surface area (Å²) >= 11 is 7.69. The predicted octanol–water partition coefficient (Wildman–Crippen LogP) is 2.91. The predicted molar refractivity (Wildman–Crippen MR) is 81.5 cm³/mol. The summed E-state index contributed by atoms with van der Waals surface area (Å²) in [6.45, 7) is 0.856. The molecule has 0 saturated heterocycles. The van der Waals surface area contributed by atoms with Gasteiger partial charge in [-0.1, -0.05) is 41.1 Å². The van der Waals surface area contributed by atoms with Gasteiger partial charge in [0.15, 0.2) is 0 Å². The normalized spacial score (nSPS) is 11.1. The standard InChI is InChI=1S/C13H13ClN4OS/c14-10-5-2-1-4-9(10)11-8-16-13-18(11)17-12(20-13)15-6-3-7-19/h1-2,4-5,8,19H,3,6-7H2,(H,15,17). The Morgan fingerprint density at radius 2 is 2.20 bits per heavy atom. The molecule has 0 amide bonds. The van der Waals surface area contributed by atoms with E-state index in [1.807, 2.05) is 24.3 Å². The number of aromatic nitrogens is 3. The van der Waals surface area contributed by atoms with Crippen LogP contribution in [0, 0.1) is 0 Å². The smallest absolute Gasteiger partial charge is 0.214 e. The molecule has 104 valence electrons. The summed E-state index contributed by atoms with van der Waals surface area (Å²) in [5, 5.41) is 17.9. The third-order valence-corrected chi connectivity index (χ3v) is 4.06. The molecule has 2 heterocycles. The lowest BCUT2D eigenvalue weighted by molar-refractivity contribution is 0.292. The van der Waals surface area contributed by atoms with Gasteiger partial charge in [0.25, 0.3) is 0 Å². The van der Waals surface area contributed by atoms with Gasteiger partial charge < -0.3 is 10.4 Å². The van der Waals surface area contributed by atoms with Crippen LogP contribution in [0.1, 0.15) is 6.42 Å². The van der Waals surface area contributed by atoms with E-state index in [-0.39, 0.29) is 6.61 Å². The molecule has 20 heavy (non-hydrogen) atoms. The van der Waals surface area contributed by atoms with Crippen LogP contribution in [0.3, 0.4) is 0 Å². The molecule has 3 aromatic rings. The van der Waals surface area contributed by atoms with E-state index in [9.17, 15) is 0 Å². The fourth-order valence-corrected chi connectivity index (χ4v) is 2.92. The minimum absolute atomic E-state index is 0.167. The molecule has 1 aromatic carbocycles. The van der Waals surface area contributed by atoms with Crippen molar-refractivity contribution in [3.8, 4) is 11.3 Å². The summed E-state index contributed by atoms with van der Waals surface area (Å²) in [7, 11) is 0. The number of benzene rings is 1. The quantitative estimate of drug-likeness (QED) is 0.711. The maximum Gasteiger partial charge on any atom is 0.214 e. The maximum absolute atomic E-state index is 8.78. The fraction of sp³-hybridized carbons (Fsp3) is 0.231. The Morgan fingerprint density at radius 1 is 1.35 bits per heavy atom. The molecule has 0 aliphatic carbocycles. The molecule has 0 fully saturated rings. The van der Waals surface area contributed by atoms with E-state index in [0.717, 1.165) is 21.3 Å². The Bertz CT molecular complexity index is 724. The lowest BCUT2D eigenvalue weighted by Crippen LogP contribution is -2.03. The van der Waals surface area contributed by atoms with Crippen LogP contribution < -0.4 is 5.32 Å². The molecular weight excluding hydrogens is 296 g/mol. The van der Waals surface area contributed by atoms with Crippen LogP contribution in [0.25, 0.3) is 16.2 Å². The number of halogens is 1. The Kier molecular flexibility index (Phi) is 3.86. The minimum atomic E-state index is 0.167. The molecule has 2 N–H and O–H groups in total. The number of hydrogen-bond donors (Lipinski definition) is 2. The third kappa shape index (κ3) is 2.49. The van der Waals surface area contributed by atoms with Crippen molar-refractivity contribution in [2.75, 3.05) is 18.5 Å². The third-order valence-electron chi connectivity index (χ3n) is 2.85. The summed E-state index contributed by atoms with van der Waals surface area (Å²) < 4.78 is 1.78. The Labute approximate surface area is 124 Å². The monoisotopic (exact) mass is 308 g/mol. The molecular formula is C13H13ClN4OS. The first-order valence-electron chi connectivity index (χ1n) is 6.24. The zero-order chi connectivity index (χ0) is 13.9. The van der Waals surface area contributed by atoms with Gasteiger partial charge in [0.1, 0.15) is 0 Å². The van der Waals surface area contributed by atoms with Gasteiger partial charge >= 0.3 is 0 Å². The van der Waals surface area contributed by atoms with Gasteiger partial charge in [0, 0.05) is 18.7 Å². The van der Waals surface area contributed by atoms with Crippen molar-refractivity contribution >= 4 is 33.0 Å². The van der Waals surface area contributed by atoms with Gasteiger partial charge in [0.2, 0.25) is 10.1 Å². The van der Waals surface area contributed by atoms with E-state index in [0.29, 0.717) is 18.0 Å². The van der Waals surface area contributed by atoms with Gasteiger partial charge in [0.05, 0.1) is 16.9 Å². The van der Waals surface area contributed by atoms with E-state index in [1.54, 1.807) is 10.7 Å². The number of hydrogen-bond acceptors (Lipinski definition) is 5. The Balaban J connectivity index is 1.95. The minimum Gasteiger partial charge on any atom is -0.396 e. The molecule has 0 unspecified atom stereocenters. The fourth-order valence-electron chi connectivity index (χ4n) is 1.89. The molecule has 2 aromatic heterocycles.